The summed E-state index contributed by atoms with van der Waals surface area (Å²) in [5.41, 5.74) is 1.73. The molecule has 1 amide bonds. The van der Waals surface area contributed by atoms with Crippen LogP contribution in [0.25, 0.3) is 22.6 Å². The quantitative estimate of drug-likeness (QED) is 0.684. The molecule has 0 radical (unpaired) electrons. The minimum absolute atomic E-state index is 0.136. The number of alkyl halides is 3. The average Bonchev–Trinajstić information content (AvgIpc) is 3.10. The fraction of sp³-hybridized carbons (Fsp3) is 0.300. The van der Waals surface area contributed by atoms with Crippen LogP contribution in [-0.2, 0) is 7.05 Å². The highest BCUT2D eigenvalue weighted by Crippen LogP contribution is 2.27. The van der Waals surface area contributed by atoms with Gasteiger partial charge in [-0.1, -0.05) is 0 Å². The number of benzene rings is 1. The Morgan fingerprint density at radius 1 is 1.17 bits per heavy atom. The fourth-order valence-electron chi connectivity index (χ4n) is 3.02. The molecule has 3 aromatic rings. The number of amides is 1. The lowest BCUT2D eigenvalue weighted by Gasteiger charge is -2.26. The van der Waals surface area contributed by atoms with E-state index in [0.29, 0.717) is 22.6 Å². The van der Waals surface area contributed by atoms with Crippen LogP contribution in [0.5, 0.6) is 5.75 Å². The molecule has 156 valence electrons. The van der Waals surface area contributed by atoms with Gasteiger partial charge in [0.05, 0.1) is 17.5 Å². The van der Waals surface area contributed by atoms with Crippen LogP contribution in [0.1, 0.15) is 29.8 Å². The molecule has 2 aromatic heterocycles. The predicted octanol–water partition coefficient (Wildman–Crippen LogP) is 3.73. The Bertz CT molecular complexity index is 1060. The molecule has 1 fully saturated rings. The summed E-state index contributed by atoms with van der Waals surface area (Å²) in [6.07, 6.45) is 1.46. The molecule has 1 aliphatic rings. The number of halogens is 3. The van der Waals surface area contributed by atoms with Crippen molar-refractivity contribution in [3.05, 3.63) is 48.4 Å². The van der Waals surface area contributed by atoms with Crippen molar-refractivity contribution in [1.82, 2.24) is 25.1 Å². The van der Waals surface area contributed by atoms with Crippen LogP contribution in [0.2, 0.25) is 0 Å². The van der Waals surface area contributed by atoms with Crippen molar-refractivity contribution < 1.29 is 22.7 Å². The molecule has 1 N–H and O–H groups in total. The molecule has 0 bridgehead atoms. The SMILES string of the molecule is Cn1cc(-c2nc(C(=O)NC3CCC3)cc(-c3ccc(OC(F)(F)F)cc3)n2)cn1. The van der Waals surface area contributed by atoms with Gasteiger partial charge in [0, 0.05) is 24.8 Å². The molecule has 4 rings (SSSR count). The van der Waals surface area contributed by atoms with Crippen LogP contribution in [0.15, 0.2) is 42.7 Å². The third-order valence-electron chi connectivity index (χ3n) is 4.75. The third-order valence-corrected chi connectivity index (χ3v) is 4.75. The Morgan fingerprint density at radius 2 is 1.90 bits per heavy atom. The van der Waals surface area contributed by atoms with Crippen LogP contribution < -0.4 is 10.1 Å². The number of hydrogen-bond donors (Lipinski definition) is 1. The molecule has 1 aliphatic carbocycles. The van der Waals surface area contributed by atoms with Crippen molar-refractivity contribution in [2.75, 3.05) is 0 Å². The molecule has 7 nitrogen and oxygen atoms in total. The molecule has 0 unspecified atom stereocenters. The van der Waals surface area contributed by atoms with Gasteiger partial charge in [-0.2, -0.15) is 5.10 Å². The second kappa shape index (κ2) is 7.77. The first-order valence-electron chi connectivity index (χ1n) is 9.32. The summed E-state index contributed by atoms with van der Waals surface area (Å²) in [7, 11) is 1.75. The predicted molar refractivity (Wildman–Crippen MR) is 101 cm³/mol. The minimum atomic E-state index is -4.77. The highest BCUT2D eigenvalue weighted by molar-refractivity contribution is 5.94. The third kappa shape index (κ3) is 4.58. The van der Waals surface area contributed by atoms with Crippen molar-refractivity contribution in [3.63, 3.8) is 0 Å². The summed E-state index contributed by atoms with van der Waals surface area (Å²) in [4.78, 5) is 21.5. The standard InChI is InChI=1S/C20H18F3N5O2/c1-28-11-13(10-24-28)18-26-16(9-17(27-18)19(29)25-14-3-2-4-14)12-5-7-15(8-6-12)30-20(21,22)23/h5-11,14H,2-4H2,1H3,(H,25,29). The fourth-order valence-corrected chi connectivity index (χ4v) is 3.02. The maximum Gasteiger partial charge on any atom is 0.573 e. The van der Waals surface area contributed by atoms with E-state index in [4.69, 9.17) is 0 Å². The van der Waals surface area contributed by atoms with Gasteiger partial charge in [0.25, 0.3) is 5.91 Å². The summed E-state index contributed by atoms with van der Waals surface area (Å²) < 4.78 is 42.7. The van der Waals surface area contributed by atoms with Crippen LogP contribution in [0.3, 0.4) is 0 Å². The van der Waals surface area contributed by atoms with Gasteiger partial charge in [0.1, 0.15) is 11.4 Å². The molecule has 1 saturated carbocycles. The van der Waals surface area contributed by atoms with Crippen LogP contribution in [0.4, 0.5) is 13.2 Å². The van der Waals surface area contributed by atoms with E-state index in [1.165, 1.54) is 30.3 Å². The lowest BCUT2D eigenvalue weighted by atomic mass is 9.93. The van der Waals surface area contributed by atoms with E-state index in [-0.39, 0.29) is 23.4 Å². The summed E-state index contributed by atoms with van der Waals surface area (Å²) in [5, 5.41) is 7.03. The number of carbonyl (C=O) groups excluding carboxylic acids is 1. The van der Waals surface area contributed by atoms with Crippen LogP contribution in [0, 0.1) is 0 Å². The van der Waals surface area contributed by atoms with Crippen molar-refractivity contribution in [1.29, 1.82) is 0 Å². The number of rotatable bonds is 5. The first kappa shape index (κ1) is 19.9. The molecular weight excluding hydrogens is 399 g/mol. The van der Waals surface area contributed by atoms with Crippen LogP contribution in [-0.4, -0.2) is 38.1 Å². The smallest absolute Gasteiger partial charge is 0.406 e. The Kier molecular flexibility index (Phi) is 5.15. The Labute approximate surface area is 169 Å². The number of ether oxygens (including phenoxy) is 1. The Morgan fingerprint density at radius 3 is 2.47 bits per heavy atom. The Hall–Kier alpha value is -3.43. The number of nitrogens with zero attached hydrogens (tertiary/aromatic N) is 4. The topological polar surface area (TPSA) is 81.9 Å². The number of nitrogens with one attached hydrogen (secondary N) is 1. The number of aromatic nitrogens is 4. The van der Waals surface area contributed by atoms with Gasteiger partial charge in [-0.3, -0.25) is 9.48 Å². The zero-order valence-electron chi connectivity index (χ0n) is 16.0. The molecule has 2 heterocycles. The first-order valence-corrected chi connectivity index (χ1v) is 9.32. The highest BCUT2D eigenvalue weighted by Gasteiger charge is 2.31. The number of carbonyl (C=O) groups is 1. The maximum absolute atomic E-state index is 12.7. The molecule has 0 aliphatic heterocycles. The largest absolute Gasteiger partial charge is 0.573 e. The average molecular weight is 417 g/mol. The second-order valence-electron chi connectivity index (χ2n) is 7.04. The molecule has 0 spiro atoms. The van der Waals surface area contributed by atoms with E-state index in [1.807, 2.05) is 0 Å². The molecule has 0 saturated heterocycles. The monoisotopic (exact) mass is 417 g/mol. The van der Waals surface area contributed by atoms with Gasteiger partial charge in [-0.15, -0.1) is 13.2 Å². The van der Waals surface area contributed by atoms with Crippen molar-refractivity contribution in [2.24, 2.45) is 7.05 Å². The van der Waals surface area contributed by atoms with Crippen LogP contribution >= 0.6 is 0 Å². The maximum atomic E-state index is 12.7. The summed E-state index contributed by atoms with van der Waals surface area (Å²) in [6, 6.07) is 6.95. The van der Waals surface area contributed by atoms with Gasteiger partial charge in [0.2, 0.25) is 0 Å². The molecule has 1 aromatic carbocycles. The van der Waals surface area contributed by atoms with Crippen molar-refractivity contribution in [3.8, 4) is 28.4 Å². The van der Waals surface area contributed by atoms with E-state index in [9.17, 15) is 18.0 Å². The normalized spacial score (nSPS) is 14.3. The summed E-state index contributed by atoms with van der Waals surface area (Å²) >= 11 is 0. The summed E-state index contributed by atoms with van der Waals surface area (Å²) in [5.74, 6) is -0.351. The molecule has 30 heavy (non-hydrogen) atoms. The zero-order valence-corrected chi connectivity index (χ0v) is 16.0. The van der Waals surface area contributed by atoms with Gasteiger partial charge in [0.15, 0.2) is 5.82 Å². The van der Waals surface area contributed by atoms with E-state index >= 15 is 0 Å². The van der Waals surface area contributed by atoms with E-state index in [0.717, 1.165) is 19.3 Å². The van der Waals surface area contributed by atoms with Crippen molar-refractivity contribution in [2.45, 2.75) is 31.7 Å². The molecule has 0 atom stereocenters. The Balaban J connectivity index is 1.68. The first-order chi connectivity index (χ1) is 14.3. The van der Waals surface area contributed by atoms with Gasteiger partial charge < -0.3 is 10.1 Å². The van der Waals surface area contributed by atoms with Gasteiger partial charge in [-0.25, -0.2) is 9.97 Å². The number of hydrogen-bond acceptors (Lipinski definition) is 5. The minimum Gasteiger partial charge on any atom is -0.406 e. The second-order valence-corrected chi connectivity index (χ2v) is 7.04. The van der Waals surface area contributed by atoms with E-state index in [2.05, 4.69) is 25.1 Å². The van der Waals surface area contributed by atoms with Gasteiger partial charge >= 0.3 is 6.36 Å². The van der Waals surface area contributed by atoms with E-state index in [1.54, 1.807) is 24.1 Å². The van der Waals surface area contributed by atoms with E-state index < -0.39 is 6.36 Å². The molecule has 10 heteroatoms. The highest BCUT2D eigenvalue weighted by atomic mass is 19.4. The van der Waals surface area contributed by atoms with Gasteiger partial charge in [-0.05, 0) is 49.6 Å². The molecular formula is C20H18F3N5O2. The zero-order chi connectivity index (χ0) is 21.3. The number of aryl methyl sites for hydroxylation is 1. The lowest BCUT2D eigenvalue weighted by molar-refractivity contribution is -0.274. The lowest BCUT2D eigenvalue weighted by Crippen LogP contribution is -2.39. The summed E-state index contributed by atoms with van der Waals surface area (Å²) in [6.45, 7) is 0. The van der Waals surface area contributed by atoms with Crippen molar-refractivity contribution >= 4 is 5.91 Å².